The molecule has 156 valence electrons. The Morgan fingerprint density at radius 2 is 1.68 bits per heavy atom. The van der Waals surface area contributed by atoms with Crippen LogP contribution >= 0.6 is 0 Å². The Bertz CT molecular complexity index is 1230. The molecule has 6 heteroatoms. The molecule has 0 saturated carbocycles. The van der Waals surface area contributed by atoms with E-state index in [0.29, 0.717) is 37.4 Å². The van der Waals surface area contributed by atoms with Crippen molar-refractivity contribution in [3.63, 3.8) is 0 Å². The van der Waals surface area contributed by atoms with Gasteiger partial charge in [0.2, 0.25) is 0 Å². The number of fused-ring (bicyclic) bond motifs is 1. The highest BCUT2D eigenvalue weighted by Gasteiger charge is 2.33. The van der Waals surface area contributed by atoms with Gasteiger partial charge in [0.05, 0.1) is 30.5 Å². The molecular weight excluding hydrogens is 388 g/mol. The largest absolute Gasteiger partial charge is 0.627 e. The van der Waals surface area contributed by atoms with E-state index in [9.17, 15) is 10.0 Å². The Kier molecular flexibility index (Phi) is 4.81. The number of benzene rings is 2. The summed E-state index contributed by atoms with van der Waals surface area (Å²) >= 11 is 0. The molecule has 6 nitrogen and oxygen atoms in total. The Morgan fingerprint density at radius 1 is 0.968 bits per heavy atom. The van der Waals surface area contributed by atoms with Gasteiger partial charge in [-0.25, -0.2) is 0 Å². The fourth-order valence-corrected chi connectivity index (χ4v) is 4.55. The average molecular weight is 412 g/mol. The maximum atomic E-state index is 13.8. The second kappa shape index (κ2) is 7.65. The van der Waals surface area contributed by atoms with Crippen LogP contribution in [0.4, 0.5) is 5.69 Å². The third kappa shape index (κ3) is 3.30. The molecule has 1 aliphatic rings. The van der Waals surface area contributed by atoms with E-state index >= 15 is 0 Å². The lowest BCUT2D eigenvalue weighted by Crippen LogP contribution is -2.58. The van der Waals surface area contributed by atoms with Crippen LogP contribution in [0.5, 0.6) is 0 Å². The number of aryl methyl sites for hydroxylation is 1. The first-order chi connectivity index (χ1) is 15.1. The summed E-state index contributed by atoms with van der Waals surface area (Å²) in [6.07, 6.45) is 3.30. The minimum absolute atomic E-state index is 0.0203. The van der Waals surface area contributed by atoms with E-state index in [0.717, 1.165) is 22.2 Å². The Balaban J connectivity index is 1.51. The van der Waals surface area contributed by atoms with E-state index in [-0.39, 0.29) is 5.91 Å². The van der Waals surface area contributed by atoms with Crippen LogP contribution in [0, 0.1) is 5.21 Å². The van der Waals surface area contributed by atoms with Gasteiger partial charge in [0.1, 0.15) is 13.1 Å². The zero-order chi connectivity index (χ0) is 21.4. The Labute approximate surface area is 181 Å². The van der Waals surface area contributed by atoms with Gasteiger partial charge in [-0.1, -0.05) is 48.5 Å². The molecule has 5 rings (SSSR count). The number of quaternary nitrogens is 1. The fraction of sp³-hybridized carbons (Fsp3) is 0.200. The number of para-hydroxylation sites is 1. The van der Waals surface area contributed by atoms with E-state index < -0.39 is 4.65 Å². The summed E-state index contributed by atoms with van der Waals surface area (Å²) in [5.74, 6) is -0.0203. The SMILES string of the molecule is Cn1c(-c2ccccc2)c(C(=O)N2CC[N+]([O-])(c3cccnc3)CC2)c2ccccc21. The van der Waals surface area contributed by atoms with Crippen molar-refractivity contribution in [3.05, 3.63) is 89.9 Å². The zero-order valence-corrected chi connectivity index (χ0v) is 17.4. The van der Waals surface area contributed by atoms with E-state index in [1.54, 1.807) is 18.5 Å². The molecule has 0 bridgehead atoms. The van der Waals surface area contributed by atoms with E-state index in [1.165, 1.54) is 0 Å². The Morgan fingerprint density at radius 3 is 2.39 bits per heavy atom. The highest BCUT2D eigenvalue weighted by molar-refractivity contribution is 6.12. The van der Waals surface area contributed by atoms with Crippen molar-refractivity contribution < 1.29 is 4.79 Å². The van der Waals surface area contributed by atoms with Gasteiger partial charge < -0.3 is 19.3 Å². The summed E-state index contributed by atoms with van der Waals surface area (Å²) < 4.78 is 1.64. The summed E-state index contributed by atoms with van der Waals surface area (Å²) in [7, 11) is 2.00. The minimum Gasteiger partial charge on any atom is -0.627 e. The molecule has 3 heterocycles. The van der Waals surface area contributed by atoms with Gasteiger partial charge in [0.25, 0.3) is 5.91 Å². The zero-order valence-electron chi connectivity index (χ0n) is 17.4. The number of hydroxylamine groups is 2. The molecule has 0 unspecified atom stereocenters. The fourth-order valence-electron chi connectivity index (χ4n) is 4.55. The number of nitrogens with zero attached hydrogens (tertiary/aromatic N) is 4. The van der Waals surface area contributed by atoms with Crippen molar-refractivity contribution in [2.45, 2.75) is 0 Å². The number of hydrogen-bond donors (Lipinski definition) is 0. The molecule has 1 aliphatic heterocycles. The number of amides is 1. The summed E-state index contributed by atoms with van der Waals surface area (Å²) in [6, 6.07) is 21.6. The normalized spacial score (nSPS) is 15.9. The molecule has 1 fully saturated rings. The summed E-state index contributed by atoms with van der Waals surface area (Å²) in [5, 5.41) is 14.2. The predicted octanol–water partition coefficient (Wildman–Crippen LogP) is 4.20. The van der Waals surface area contributed by atoms with Crippen molar-refractivity contribution in [2.24, 2.45) is 7.05 Å². The molecule has 0 atom stereocenters. The molecule has 0 radical (unpaired) electrons. The lowest BCUT2D eigenvalue weighted by molar-refractivity contribution is 0.0685. The monoisotopic (exact) mass is 412 g/mol. The van der Waals surface area contributed by atoms with Crippen LogP contribution in [0.15, 0.2) is 79.1 Å². The third-order valence-electron chi connectivity index (χ3n) is 6.23. The highest BCUT2D eigenvalue weighted by atomic mass is 16.5. The first-order valence-electron chi connectivity index (χ1n) is 10.5. The van der Waals surface area contributed by atoms with Gasteiger partial charge in [-0.05, 0) is 17.7 Å². The first-order valence-corrected chi connectivity index (χ1v) is 10.5. The topological polar surface area (TPSA) is 61.2 Å². The Hall–Kier alpha value is -3.48. The number of hydrogen-bond acceptors (Lipinski definition) is 3. The quantitative estimate of drug-likeness (QED) is 0.374. The molecule has 2 aromatic heterocycles. The van der Waals surface area contributed by atoms with Crippen LogP contribution in [0.2, 0.25) is 0 Å². The van der Waals surface area contributed by atoms with Gasteiger partial charge in [-0.15, -0.1) is 0 Å². The molecule has 1 saturated heterocycles. The predicted molar refractivity (Wildman–Crippen MR) is 123 cm³/mol. The second-order valence-corrected chi connectivity index (χ2v) is 8.01. The van der Waals surface area contributed by atoms with Crippen LogP contribution in [0.3, 0.4) is 0 Å². The van der Waals surface area contributed by atoms with Crippen LogP contribution in [-0.4, -0.2) is 46.5 Å². The van der Waals surface area contributed by atoms with Crippen molar-refractivity contribution in [1.82, 2.24) is 19.1 Å². The number of pyridine rings is 1. The number of piperazine rings is 1. The van der Waals surface area contributed by atoms with Gasteiger partial charge >= 0.3 is 0 Å². The second-order valence-electron chi connectivity index (χ2n) is 8.01. The minimum atomic E-state index is -0.446. The molecule has 31 heavy (non-hydrogen) atoms. The van der Waals surface area contributed by atoms with Crippen LogP contribution < -0.4 is 4.65 Å². The van der Waals surface area contributed by atoms with Crippen LogP contribution in [-0.2, 0) is 7.05 Å². The van der Waals surface area contributed by atoms with Crippen molar-refractivity contribution >= 4 is 22.5 Å². The van der Waals surface area contributed by atoms with E-state index in [2.05, 4.69) is 9.55 Å². The van der Waals surface area contributed by atoms with E-state index in [1.807, 2.05) is 72.6 Å². The van der Waals surface area contributed by atoms with Crippen molar-refractivity contribution in [1.29, 1.82) is 0 Å². The molecule has 0 N–H and O–H groups in total. The van der Waals surface area contributed by atoms with Gasteiger partial charge in [0.15, 0.2) is 5.69 Å². The van der Waals surface area contributed by atoms with Gasteiger partial charge in [-0.3, -0.25) is 9.78 Å². The summed E-state index contributed by atoms with van der Waals surface area (Å²) in [4.78, 5) is 19.7. The van der Waals surface area contributed by atoms with Crippen LogP contribution in [0.1, 0.15) is 10.4 Å². The molecule has 2 aromatic carbocycles. The maximum absolute atomic E-state index is 13.8. The first kappa shape index (κ1) is 19.5. The molecular formula is C25H24N4O2. The van der Waals surface area contributed by atoms with Crippen LogP contribution in [0.25, 0.3) is 22.2 Å². The number of aromatic nitrogens is 2. The number of carbonyl (C=O) groups is 1. The summed E-state index contributed by atoms with van der Waals surface area (Å²) in [6.45, 7) is 1.47. The maximum Gasteiger partial charge on any atom is 0.257 e. The smallest absolute Gasteiger partial charge is 0.257 e. The third-order valence-corrected chi connectivity index (χ3v) is 6.23. The lowest BCUT2D eigenvalue weighted by Gasteiger charge is -2.47. The summed E-state index contributed by atoms with van der Waals surface area (Å²) in [5.41, 5.74) is 4.28. The number of carbonyl (C=O) groups excluding carboxylic acids is 1. The standard InChI is InChI=1S/C25H24N4O2/c1-27-22-12-6-5-11-21(22)23(24(27)19-8-3-2-4-9-19)25(30)28-14-16-29(31,17-15-28)20-10-7-13-26-18-20/h2-13,18H,14-17H2,1H3. The number of rotatable bonds is 3. The highest BCUT2D eigenvalue weighted by Crippen LogP contribution is 2.34. The van der Waals surface area contributed by atoms with E-state index in [4.69, 9.17) is 0 Å². The lowest BCUT2D eigenvalue weighted by atomic mass is 10.0. The molecule has 1 amide bonds. The van der Waals surface area contributed by atoms with Crippen molar-refractivity contribution in [2.75, 3.05) is 26.2 Å². The molecule has 4 aromatic rings. The van der Waals surface area contributed by atoms with Crippen molar-refractivity contribution in [3.8, 4) is 11.3 Å². The molecule has 0 spiro atoms. The molecule has 0 aliphatic carbocycles. The average Bonchev–Trinajstić information content (AvgIpc) is 3.13. The van der Waals surface area contributed by atoms with Gasteiger partial charge in [0, 0.05) is 30.2 Å². The van der Waals surface area contributed by atoms with Gasteiger partial charge in [-0.2, -0.15) is 0 Å².